The lowest BCUT2D eigenvalue weighted by atomic mass is 9.95. The fourth-order valence-corrected chi connectivity index (χ4v) is 9.73. The number of aryl methyl sites for hydroxylation is 3. The Hall–Kier alpha value is -12.1. The number of nitrogens with zero attached hydrogens (tertiary/aromatic N) is 10. The molecule has 0 saturated carbocycles. The number of carbonyl (C=O) groups is 8. The van der Waals surface area contributed by atoms with Gasteiger partial charge in [-0.2, -0.15) is 0 Å². The summed E-state index contributed by atoms with van der Waals surface area (Å²) in [5.74, 6) is 2.19. The number of carbonyl (C=O) groups excluding carboxylic acids is 8. The number of pyridine rings is 3. The average molecular weight is 1790 g/mol. The summed E-state index contributed by atoms with van der Waals surface area (Å²) in [6.07, 6.45) is 22.9. The topological polar surface area (TPSA) is 433 Å². The number of benzene rings is 1. The molecule has 0 atom stereocenters. The van der Waals surface area contributed by atoms with Gasteiger partial charge >= 0.3 is 6.01 Å². The highest BCUT2D eigenvalue weighted by molar-refractivity contribution is 5.84. The molecule has 31 nitrogen and oxygen atoms in total. The van der Waals surface area contributed by atoms with E-state index < -0.39 is 0 Å². The zero-order valence-corrected chi connectivity index (χ0v) is 82.4. The second-order valence-electron chi connectivity index (χ2n) is 38.8. The van der Waals surface area contributed by atoms with Gasteiger partial charge in [-0.15, -0.1) is 0 Å². The quantitative estimate of drug-likeness (QED) is 0.0241. The van der Waals surface area contributed by atoms with E-state index in [0.29, 0.717) is 76.4 Å². The van der Waals surface area contributed by atoms with Crippen LogP contribution in [0.5, 0.6) is 17.6 Å². The van der Waals surface area contributed by atoms with Crippen molar-refractivity contribution in [1.82, 2.24) is 97.4 Å². The number of aromatic hydroxyl groups is 1. The standard InChI is InChI=1S/C14H21NO2.C13H20N2O2.C13H20N2O.C12H19N3O2.C12H19N3O.C12H18N2O2.2C11H17N3O/c1-10-9-11(5-6-12(10)16)7-8-15-13(17)14(2,3)4;1-13(2,3)12(16)14-8-7-10-5-6-11(17-4)15-9-10;1-10-9-11(5-7-14-10)6-8-15-12(16)13(2,3)4;1-12(2,3)10(16)13-7-5-9-6-8-14-11(15-9)17-4;1-9-13-7-5-10(15-9)6-8-14-11(16)12(2,3)4;1-12(2,3)11(16)13-7-6-9-4-5-10(15)14-8-9;1-11(2,3)10(15)13-7-5-9-4-6-12-8-14-9;1-11(2,3)10(15)14-5-4-9-6-12-8-13-7-9/h5-6,9,16H,7-8H2,1-4H3,(H,15,17);5-6,9H,7-8H2,1-4H3,(H,14,16);5,7,9H,6,8H2,1-4H3,(H,15,16);6,8H,5,7H2,1-4H3,(H,13,16);5,7H,6,8H2,1-4H3,(H,14,16);4-5,8H,6-7H2,1-3H3,(H,13,16)(H,14,15);4,6,8H,5,7H2,1-3H3,(H,13,15);6-8H,4-5H2,1-3H3,(H,14,15). The maximum atomic E-state index is 11.6. The molecule has 0 aliphatic rings. The molecule has 7 heterocycles. The molecule has 7 aromatic heterocycles. The number of aromatic nitrogens is 11. The first-order chi connectivity index (χ1) is 59.8. The minimum Gasteiger partial charge on any atom is -0.508 e. The van der Waals surface area contributed by atoms with Crippen LogP contribution < -0.4 is 57.6 Å². The van der Waals surface area contributed by atoms with Crippen LogP contribution in [0.3, 0.4) is 0 Å². The van der Waals surface area contributed by atoms with Crippen LogP contribution in [0.1, 0.15) is 228 Å². The van der Waals surface area contributed by atoms with E-state index in [0.717, 1.165) is 101 Å². The van der Waals surface area contributed by atoms with Crippen LogP contribution in [0.2, 0.25) is 0 Å². The Morgan fingerprint density at radius 3 is 1.05 bits per heavy atom. The van der Waals surface area contributed by atoms with E-state index in [9.17, 15) is 48.3 Å². The van der Waals surface area contributed by atoms with Crippen molar-refractivity contribution in [3.63, 3.8) is 0 Å². The Balaban J connectivity index is 0.000000737. The summed E-state index contributed by atoms with van der Waals surface area (Å²) in [4.78, 5) is 146. The molecule has 0 aliphatic carbocycles. The summed E-state index contributed by atoms with van der Waals surface area (Å²) < 4.78 is 9.90. The number of ether oxygens (including phenoxy) is 2. The van der Waals surface area contributed by atoms with Crippen molar-refractivity contribution < 1.29 is 52.9 Å². The third-order valence-corrected chi connectivity index (χ3v) is 18.0. The van der Waals surface area contributed by atoms with Crippen molar-refractivity contribution >= 4 is 47.3 Å². The predicted octanol–water partition coefficient (Wildman–Crippen LogP) is 12.4. The predicted molar refractivity (Wildman–Crippen MR) is 508 cm³/mol. The molecule has 8 aromatic rings. The molecule has 0 unspecified atom stereocenters. The number of hydrogen-bond donors (Lipinski definition) is 10. The summed E-state index contributed by atoms with van der Waals surface area (Å²) in [5, 5.41) is 32.5. The molecule has 10 N–H and O–H groups in total. The minimum atomic E-state index is -0.358. The Bertz CT molecular complexity index is 4560. The molecule has 0 radical (unpaired) electrons. The molecule has 0 fully saturated rings. The van der Waals surface area contributed by atoms with E-state index in [4.69, 9.17) is 9.47 Å². The first-order valence-corrected chi connectivity index (χ1v) is 43.6. The van der Waals surface area contributed by atoms with Crippen molar-refractivity contribution in [2.24, 2.45) is 43.3 Å². The van der Waals surface area contributed by atoms with E-state index in [-0.39, 0.29) is 96.1 Å². The lowest BCUT2D eigenvalue weighted by Crippen LogP contribution is -2.36. The maximum absolute atomic E-state index is 11.6. The van der Waals surface area contributed by atoms with Gasteiger partial charge in [0.25, 0.3) is 0 Å². The van der Waals surface area contributed by atoms with Gasteiger partial charge in [-0.25, -0.2) is 44.9 Å². The van der Waals surface area contributed by atoms with Crippen molar-refractivity contribution in [3.05, 3.63) is 207 Å². The smallest absolute Gasteiger partial charge is 0.316 e. The Morgan fingerprint density at radius 2 is 0.690 bits per heavy atom. The fraction of sp³-hybridized carbons (Fsp3) is 0.541. The van der Waals surface area contributed by atoms with Crippen molar-refractivity contribution in [3.8, 4) is 17.6 Å². The maximum Gasteiger partial charge on any atom is 0.316 e. The molecule has 0 saturated heterocycles. The van der Waals surface area contributed by atoms with Crippen LogP contribution in [0.25, 0.3) is 0 Å². The van der Waals surface area contributed by atoms with Crippen LogP contribution >= 0.6 is 0 Å². The monoisotopic (exact) mass is 1790 g/mol. The lowest BCUT2D eigenvalue weighted by Gasteiger charge is -2.17. The summed E-state index contributed by atoms with van der Waals surface area (Å²) in [6.45, 7) is 56.1. The molecule has 31 heteroatoms. The first-order valence-electron chi connectivity index (χ1n) is 43.6. The van der Waals surface area contributed by atoms with E-state index in [1.54, 1.807) is 68.8 Å². The molecular formula is C98H151N19O12. The Morgan fingerprint density at radius 1 is 0.333 bits per heavy atom. The molecular weight excluding hydrogens is 1640 g/mol. The Kier molecular flexibility index (Phi) is 50.8. The van der Waals surface area contributed by atoms with Gasteiger partial charge in [0.15, 0.2) is 0 Å². The van der Waals surface area contributed by atoms with Gasteiger partial charge in [0, 0.05) is 199 Å². The van der Waals surface area contributed by atoms with Gasteiger partial charge in [-0.3, -0.25) is 48.1 Å². The third kappa shape index (κ3) is 54.0. The van der Waals surface area contributed by atoms with Crippen molar-refractivity contribution in [2.45, 2.75) is 238 Å². The molecule has 0 bridgehead atoms. The first kappa shape index (κ1) is 115. The number of phenols is 1. The second-order valence-corrected chi connectivity index (χ2v) is 38.8. The van der Waals surface area contributed by atoms with Crippen LogP contribution in [0, 0.1) is 64.1 Å². The SMILES string of the molecule is CC(C)(C)C(=O)NCCc1ccc(=O)[nH]c1.CC(C)(C)C(=O)NCCc1ccncn1.CC(C)(C)C(=O)NCCc1cncnc1.COc1ccc(CCNC(=O)C(C)(C)C)cn1.COc1nccc(CCNC(=O)C(C)(C)C)n1.Cc1cc(CCNC(=O)C(C)(C)C)ccc1O.Cc1cc(CCNC(=O)C(C)(C)C)ccn1.Cc1nccc(CCNC(=O)C(C)(C)C)n1. The molecule has 8 amide bonds. The minimum absolute atomic E-state index is 0.0388. The molecule has 0 aliphatic heterocycles. The highest BCUT2D eigenvalue weighted by atomic mass is 16.5. The molecule has 8 rings (SSSR count). The number of rotatable bonds is 26. The van der Waals surface area contributed by atoms with E-state index in [1.165, 1.54) is 31.4 Å². The van der Waals surface area contributed by atoms with E-state index >= 15 is 0 Å². The van der Waals surface area contributed by atoms with Crippen molar-refractivity contribution in [2.75, 3.05) is 66.6 Å². The van der Waals surface area contributed by atoms with Crippen molar-refractivity contribution in [1.29, 1.82) is 0 Å². The fourth-order valence-electron chi connectivity index (χ4n) is 9.73. The highest BCUT2D eigenvalue weighted by Gasteiger charge is 2.26. The zero-order valence-electron chi connectivity index (χ0n) is 82.4. The summed E-state index contributed by atoms with van der Waals surface area (Å²) in [6, 6.07) is 22.5. The number of H-pyrrole nitrogens is 1. The van der Waals surface area contributed by atoms with Gasteiger partial charge in [0.2, 0.25) is 58.7 Å². The number of aromatic amines is 1. The number of amides is 8. The average Bonchev–Trinajstić information content (AvgIpc) is 0.886. The number of hydrogen-bond acceptors (Lipinski definition) is 22. The number of methoxy groups -OCH3 is 2. The second kappa shape index (κ2) is 57.0. The van der Waals surface area contributed by atoms with Gasteiger partial charge in [0.1, 0.15) is 24.2 Å². The normalized spacial score (nSPS) is 11.2. The summed E-state index contributed by atoms with van der Waals surface area (Å²) in [5.41, 5.74) is 7.29. The van der Waals surface area contributed by atoms with Crippen LogP contribution in [-0.4, -0.2) is 174 Å². The largest absolute Gasteiger partial charge is 0.508 e. The lowest BCUT2D eigenvalue weighted by molar-refractivity contribution is -0.129. The van der Waals surface area contributed by atoms with Crippen LogP contribution in [0.15, 0.2) is 140 Å². The van der Waals surface area contributed by atoms with Gasteiger partial charge in [-0.1, -0.05) is 190 Å². The molecule has 0 spiro atoms. The summed E-state index contributed by atoms with van der Waals surface area (Å²) >= 11 is 0. The number of nitrogens with one attached hydrogen (secondary N) is 9. The highest BCUT2D eigenvalue weighted by Crippen LogP contribution is 2.21. The molecule has 129 heavy (non-hydrogen) atoms. The Labute approximate surface area is 766 Å². The van der Waals surface area contributed by atoms with Gasteiger partial charge in [0.05, 0.1) is 14.2 Å². The molecule has 710 valence electrons. The van der Waals surface area contributed by atoms with E-state index in [2.05, 4.69) is 97.4 Å². The molecule has 1 aromatic carbocycles. The van der Waals surface area contributed by atoms with E-state index in [1.807, 2.05) is 242 Å². The van der Waals surface area contributed by atoms with Crippen LogP contribution in [-0.2, 0) is 89.7 Å². The van der Waals surface area contributed by atoms with Gasteiger partial charge < -0.3 is 62.1 Å². The van der Waals surface area contributed by atoms with Crippen LogP contribution in [0.4, 0.5) is 0 Å². The van der Waals surface area contributed by atoms with Gasteiger partial charge in [-0.05, 0) is 123 Å². The third-order valence-electron chi connectivity index (χ3n) is 18.0. The summed E-state index contributed by atoms with van der Waals surface area (Å²) in [7, 11) is 3.12. The zero-order chi connectivity index (χ0) is 98.0. The number of phenolic OH excluding ortho intramolecular Hbond substituents is 1.